The summed E-state index contributed by atoms with van der Waals surface area (Å²) in [5.41, 5.74) is 7.27. The van der Waals surface area contributed by atoms with Crippen LogP contribution in [0.25, 0.3) is 17.0 Å². The van der Waals surface area contributed by atoms with Crippen molar-refractivity contribution < 1.29 is 0 Å². The van der Waals surface area contributed by atoms with Crippen molar-refractivity contribution in [2.24, 2.45) is 7.05 Å². The van der Waals surface area contributed by atoms with Gasteiger partial charge in [-0.15, -0.1) is 10.2 Å². The minimum atomic E-state index is 0.342. The third-order valence-electron chi connectivity index (χ3n) is 2.33. The van der Waals surface area contributed by atoms with Gasteiger partial charge in [0.2, 0.25) is 5.95 Å². The van der Waals surface area contributed by atoms with E-state index < -0.39 is 0 Å². The van der Waals surface area contributed by atoms with Crippen LogP contribution in [0.3, 0.4) is 0 Å². The average molecular weight is 215 g/mol. The lowest BCUT2D eigenvalue weighted by atomic mass is 10.3. The highest BCUT2D eigenvalue weighted by Gasteiger charge is 2.11. The monoisotopic (exact) mass is 215 g/mol. The second-order valence-electron chi connectivity index (χ2n) is 3.38. The first-order valence-electron chi connectivity index (χ1n) is 4.73. The smallest absolute Gasteiger partial charge is 0.273 e. The zero-order chi connectivity index (χ0) is 11.1. The highest BCUT2D eigenvalue weighted by Crippen LogP contribution is 2.13. The largest absolute Gasteiger partial charge is 0.368 e. The quantitative estimate of drug-likeness (QED) is 0.623. The zero-order valence-electron chi connectivity index (χ0n) is 8.57. The summed E-state index contributed by atoms with van der Waals surface area (Å²) in [6.07, 6.45) is 0. The molecular weight excluding hydrogens is 206 g/mol. The number of nitrogens with two attached hydrogens (primary N) is 1. The number of anilines is 1. The second-order valence-corrected chi connectivity index (χ2v) is 3.38. The molecule has 3 rings (SSSR count). The molecule has 0 fully saturated rings. The molecule has 0 spiro atoms. The second kappa shape index (κ2) is 3.02. The minimum Gasteiger partial charge on any atom is -0.368 e. The molecule has 0 aliphatic carbocycles. The first kappa shape index (κ1) is 8.84. The Bertz CT molecular complexity index is 631. The van der Waals surface area contributed by atoms with Crippen LogP contribution >= 0.6 is 0 Å². The fourth-order valence-corrected chi connectivity index (χ4v) is 1.49. The first-order chi connectivity index (χ1) is 7.75. The molecule has 2 N–H and O–H groups in total. The maximum absolute atomic E-state index is 5.62. The van der Waals surface area contributed by atoms with Gasteiger partial charge in [0.15, 0.2) is 0 Å². The van der Waals surface area contributed by atoms with Crippen LogP contribution in [0.5, 0.6) is 0 Å². The molecule has 1 aromatic carbocycles. The average Bonchev–Trinajstić information content (AvgIpc) is 2.83. The number of benzene rings is 1. The number of hydrogen-bond acceptors (Lipinski definition) is 5. The van der Waals surface area contributed by atoms with Gasteiger partial charge in [0.25, 0.3) is 5.95 Å². The highest BCUT2D eigenvalue weighted by molar-refractivity contribution is 5.75. The van der Waals surface area contributed by atoms with E-state index >= 15 is 0 Å². The number of hydrogen-bond donors (Lipinski definition) is 1. The van der Waals surface area contributed by atoms with Gasteiger partial charge < -0.3 is 5.73 Å². The van der Waals surface area contributed by atoms with Gasteiger partial charge in [0.1, 0.15) is 5.52 Å². The summed E-state index contributed by atoms with van der Waals surface area (Å²) in [7, 11) is 1.73. The van der Waals surface area contributed by atoms with E-state index in [1.165, 1.54) is 4.68 Å². The van der Waals surface area contributed by atoms with Crippen LogP contribution in [0.2, 0.25) is 0 Å². The van der Waals surface area contributed by atoms with Gasteiger partial charge in [-0.1, -0.05) is 17.3 Å². The third-order valence-corrected chi connectivity index (χ3v) is 2.33. The normalized spacial score (nSPS) is 11.1. The number of rotatable bonds is 1. The molecule has 0 saturated heterocycles. The molecule has 0 atom stereocenters. The van der Waals surface area contributed by atoms with Crippen LogP contribution in [0.15, 0.2) is 24.3 Å². The van der Waals surface area contributed by atoms with Crippen molar-refractivity contribution in [2.45, 2.75) is 0 Å². The Labute approximate surface area is 90.5 Å². The predicted octanol–water partition coefficient (Wildman–Crippen LogP) is 0.131. The Hall–Kier alpha value is -2.44. The van der Waals surface area contributed by atoms with E-state index in [9.17, 15) is 0 Å². The molecule has 0 radical (unpaired) electrons. The molecule has 0 aliphatic heterocycles. The van der Waals surface area contributed by atoms with Crippen molar-refractivity contribution in [1.82, 2.24) is 29.8 Å². The van der Waals surface area contributed by atoms with Crippen LogP contribution in [-0.2, 0) is 7.05 Å². The summed E-state index contributed by atoms with van der Waals surface area (Å²) < 4.78 is 3.05. The van der Waals surface area contributed by atoms with Gasteiger partial charge in [-0.25, -0.2) is 4.68 Å². The molecule has 0 aliphatic rings. The van der Waals surface area contributed by atoms with Crippen molar-refractivity contribution >= 4 is 17.0 Å². The van der Waals surface area contributed by atoms with Crippen LogP contribution in [-0.4, -0.2) is 29.8 Å². The summed E-state index contributed by atoms with van der Waals surface area (Å²) in [6, 6.07) is 7.60. The number of para-hydroxylation sites is 1. The lowest BCUT2D eigenvalue weighted by molar-refractivity contribution is 0.726. The number of fused-ring (bicyclic) bond motifs is 1. The molecule has 2 aromatic heterocycles. The number of nitrogen functional groups attached to an aromatic ring is 1. The SMILES string of the molecule is Cn1nc(-n2nnc3ccccc32)nc1N. The Balaban J connectivity index is 2.26. The van der Waals surface area contributed by atoms with Crippen molar-refractivity contribution in [3.63, 3.8) is 0 Å². The summed E-state index contributed by atoms with van der Waals surface area (Å²) >= 11 is 0. The van der Waals surface area contributed by atoms with Crippen molar-refractivity contribution in [3.8, 4) is 5.95 Å². The van der Waals surface area contributed by atoms with Crippen LogP contribution in [0.4, 0.5) is 5.95 Å². The van der Waals surface area contributed by atoms with E-state index in [0.29, 0.717) is 11.9 Å². The molecule has 7 nitrogen and oxygen atoms in total. The minimum absolute atomic E-state index is 0.342. The lowest BCUT2D eigenvalue weighted by Crippen LogP contribution is -2.00. The Morgan fingerprint density at radius 3 is 2.81 bits per heavy atom. The van der Waals surface area contributed by atoms with Crippen LogP contribution in [0.1, 0.15) is 0 Å². The fourth-order valence-electron chi connectivity index (χ4n) is 1.49. The van der Waals surface area contributed by atoms with Crippen molar-refractivity contribution in [3.05, 3.63) is 24.3 Å². The van der Waals surface area contributed by atoms with E-state index in [-0.39, 0.29) is 0 Å². The fraction of sp³-hybridized carbons (Fsp3) is 0.111. The summed E-state index contributed by atoms with van der Waals surface area (Å²) in [4.78, 5) is 4.09. The third kappa shape index (κ3) is 1.14. The van der Waals surface area contributed by atoms with Gasteiger partial charge in [0.05, 0.1) is 5.52 Å². The maximum Gasteiger partial charge on any atom is 0.273 e. The Morgan fingerprint density at radius 2 is 2.06 bits per heavy atom. The topological polar surface area (TPSA) is 87.4 Å². The van der Waals surface area contributed by atoms with Crippen molar-refractivity contribution in [2.75, 3.05) is 5.73 Å². The zero-order valence-corrected chi connectivity index (χ0v) is 8.57. The van der Waals surface area contributed by atoms with Gasteiger partial charge in [-0.2, -0.15) is 9.67 Å². The molecular formula is C9H9N7. The molecule has 80 valence electrons. The predicted molar refractivity (Wildman–Crippen MR) is 57.8 cm³/mol. The molecule has 2 heterocycles. The van der Waals surface area contributed by atoms with E-state index in [1.807, 2.05) is 24.3 Å². The van der Waals surface area contributed by atoms with E-state index in [2.05, 4.69) is 20.4 Å². The van der Waals surface area contributed by atoms with Crippen LogP contribution < -0.4 is 5.73 Å². The standard InChI is InChI=1S/C9H9N7/c1-15-8(10)11-9(13-15)16-7-5-3-2-4-6(7)12-14-16/h2-5H,1H3,(H2,10,11,13). The maximum atomic E-state index is 5.62. The van der Waals surface area contributed by atoms with Gasteiger partial charge in [0, 0.05) is 7.05 Å². The molecule has 3 aromatic rings. The van der Waals surface area contributed by atoms with E-state index in [0.717, 1.165) is 11.0 Å². The highest BCUT2D eigenvalue weighted by atomic mass is 15.5. The number of aryl methyl sites for hydroxylation is 1. The molecule has 7 heteroatoms. The Morgan fingerprint density at radius 1 is 1.25 bits per heavy atom. The number of aromatic nitrogens is 6. The molecule has 16 heavy (non-hydrogen) atoms. The first-order valence-corrected chi connectivity index (χ1v) is 4.73. The molecule has 0 bridgehead atoms. The molecule has 0 amide bonds. The van der Waals surface area contributed by atoms with Gasteiger partial charge in [-0.05, 0) is 12.1 Å². The summed E-state index contributed by atoms with van der Waals surface area (Å²) in [5.74, 6) is 0.767. The van der Waals surface area contributed by atoms with E-state index in [1.54, 1.807) is 11.7 Å². The Kier molecular flexibility index (Phi) is 1.67. The summed E-state index contributed by atoms with van der Waals surface area (Å²) in [6.45, 7) is 0. The summed E-state index contributed by atoms with van der Waals surface area (Å²) in [5, 5.41) is 12.2. The van der Waals surface area contributed by atoms with Crippen LogP contribution in [0, 0.1) is 0 Å². The van der Waals surface area contributed by atoms with Gasteiger partial charge >= 0.3 is 0 Å². The van der Waals surface area contributed by atoms with Gasteiger partial charge in [-0.3, -0.25) is 0 Å². The molecule has 0 saturated carbocycles. The van der Waals surface area contributed by atoms with E-state index in [4.69, 9.17) is 5.73 Å². The number of nitrogens with zero attached hydrogens (tertiary/aromatic N) is 6. The lowest BCUT2D eigenvalue weighted by Gasteiger charge is -1.93. The van der Waals surface area contributed by atoms with Crippen molar-refractivity contribution in [1.29, 1.82) is 0 Å². The molecule has 0 unspecified atom stereocenters.